The van der Waals surface area contributed by atoms with Crippen LogP contribution >= 0.6 is 0 Å². The molecule has 1 atom stereocenters. The van der Waals surface area contributed by atoms with E-state index in [4.69, 9.17) is 25.5 Å². The molecule has 0 aliphatic heterocycles. The first kappa shape index (κ1) is 18.9. The molecule has 0 saturated heterocycles. The van der Waals surface area contributed by atoms with Gasteiger partial charge in [0.25, 0.3) is 0 Å². The topological polar surface area (TPSA) is 110 Å². The fourth-order valence-electron chi connectivity index (χ4n) is 0.949. The van der Waals surface area contributed by atoms with Gasteiger partial charge in [-0.1, -0.05) is 30.3 Å². The van der Waals surface area contributed by atoms with Crippen molar-refractivity contribution in [3.8, 4) is 0 Å². The lowest BCUT2D eigenvalue weighted by atomic mass is 10.2. The van der Waals surface area contributed by atoms with E-state index in [-0.39, 0.29) is 6.61 Å². The van der Waals surface area contributed by atoms with Gasteiger partial charge >= 0.3 is 18.1 Å². The molecule has 0 radical (unpaired) electrons. The van der Waals surface area contributed by atoms with E-state index in [1.165, 1.54) is 0 Å². The Balaban J connectivity index is 0.000000486. The number of nitrogens with two attached hydrogens (primary N) is 1. The molecule has 0 aromatic heterocycles. The molecule has 0 saturated carbocycles. The second-order valence-electron chi connectivity index (χ2n) is 3.75. The standard InChI is InChI=1S/C10H13NO3.C2HF3O2/c11-9(10(12)13)7-14-6-8-4-2-1-3-5-8;3-2(4,5)1(6)7/h1-5,9H,6-7,11H2,(H,12,13);(H,6,7)/t9-;/m0./s1. The first-order chi connectivity index (χ1) is 9.64. The molecule has 0 aliphatic carbocycles. The number of hydrogen-bond acceptors (Lipinski definition) is 4. The molecule has 118 valence electrons. The molecule has 0 heterocycles. The molecule has 6 nitrogen and oxygen atoms in total. The maximum absolute atomic E-state index is 10.6. The zero-order chi connectivity index (χ0) is 16.5. The maximum Gasteiger partial charge on any atom is 0.490 e. The Morgan fingerprint density at radius 3 is 2.05 bits per heavy atom. The highest BCUT2D eigenvalue weighted by Gasteiger charge is 2.38. The van der Waals surface area contributed by atoms with Crippen molar-refractivity contribution in [2.24, 2.45) is 5.73 Å². The largest absolute Gasteiger partial charge is 0.490 e. The van der Waals surface area contributed by atoms with E-state index in [1.807, 2.05) is 30.3 Å². The summed E-state index contributed by atoms with van der Waals surface area (Å²) < 4.78 is 36.9. The Bertz CT molecular complexity index is 450. The molecular formula is C12H14F3NO5. The van der Waals surface area contributed by atoms with Gasteiger partial charge in [0.2, 0.25) is 0 Å². The second kappa shape index (κ2) is 8.93. The van der Waals surface area contributed by atoms with Crippen LogP contribution in [-0.2, 0) is 20.9 Å². The number of rotatable bonds is 5. The minimum atomic E-state index is -5.08. The summed E-state index contributed by atoms with van der Waals surface area (Å²) in [6.45, 7) is 0.423. The van der Waals surface area contributed by atoms with Crippen molar-refractivity contribution < 1.29 is 37.7 Å². The predicted octanol–water partition coefficient (Wildman–Crippen LogP) is 1.25. The summed E-state index contributed by atoms with van der Waals surface area (Å²) in [7, 11) is 0. The number of aliphatic carboxylic acids is 2. The normalized spacial score (nSPS) is 12.0. The highest BCUT2D eigenvalue weighted by molar-refractivity contribution is 5.73. The molecule has 4 N–H and O–H groups in total. The van der Waals surface area contributed by atoms with E-state index in [2.05, 4.69) is 0 Å². The zero-order valence-electron chi connectivity index (χ0n) is 10.7. The van der Waals surface area contributed by atoms with Crippen LogP contribution < -0.4 is 5.73 Å². The Labute approximate surface area is 117 Å². The van der Waals surface area contributed by atoms with Gasteiger partial charge < -0.3 is 20.7 Å². The molecule has 0 spiro atoms. The van der Waals surface area contributed by atoms with Crippen molar-refractivity contribution in [1.29, 1.82) is 0 Å². The first-order valence-electron chi connectivity index (χ1n) is 5.54. The van der Waals surface area contributed by atoms with Crippen molar-refractivity contribution in [2.45, 2.75) is 18.8 Å². The molecule has 1 aromatic rings. The summed E-state index contributed by atoms with van der Waals surface area (Å²) in [5.41, 5.74) is 6.26. The molecule has 0 bridgehead atoms. The van der Waals surface area contributed by atoms with E-state index in [0.29, 0.717) is 6.61 Å². The van der Waals surface area contributed by atoms with Crippen LogP contribution in [-0.4, -0.2) is 41.0 Å². The minimum absolute atomic E-state index is 0.0320. The quantitative estimate of drug-likeness (QED) is 0.755. The zero-order valence-corrected chi connectivity index (χ0v) is 10.7. The summed E-state index contributed by atoms with van der Waals surface area (Å²) in [6.07, 6.45) is -5.08. The molecule has 0 amide bonds. The summed E-state index contributed by atoms with van der Waals surface area (Å²) >= 11 is 0. The maximum atomic E-state index is 10.6. The van der Waals surface area contributed by atoms with Crippen LogP contribution in [0.3, 0.4) is 0 Å². The molecule has 9 heteroatoms. The minimum Gasteiger partial charge on any atom is -0.480 e. The van der Waals surface area contributed by atoms with Crippen LogP contribution in [0.15, 0.2) is 30.3 Å². The lowest BCUT2D eigenvalue weighted by Gasteiger charge is -2.07. The highest BCUT2D eigenvalue weighted by Crippen LogP contribution is 2.13. The van der Waals surface area contributed by atoms with Gasteiger partial charge in [-0.15, -0.1) is 0 Å². The molecule has 0 fully saturated rings. The number of carboxylic acids is 2. The number of hydrogen-bond donors (Lipinski definition) is 3. The lowest BCUT2D eigenvalue weighted by Crippen LogP contribution is -2.34. The van der Waals surface area contributed by atoms with Gasteiger partial charge in [0.05, 0.1) is 13.2 Å². The molecule has 1 rings (SSSR count). The Morgan fingerprint density at radius 2 is 1.67 bits per heavy atom. The van der Waals surface area contributed by atoms with Crippen molar-refractivity contribution in [1.82, 2.24) is 0 Å². The third-order valence-corrected chi connectivity index (χ3v) is 1.97. The smallest absolute Gasteiger partial charge is 0.480 e. The van der Waals surface area contributed by atoms with E-state index in [9.17, 15) is 18.0 Å². The lowest BCUT2D eigenvalue weighted by molar-refractivity contribution is -0.192. The van der Waals surface area contributed by atoms with Gasteiger partial charge in [-0.25, -0.2) is 4.79 Å². The highest BCUT2D eigenvalue weighted by atomic mass is 19.4. The molecular weight excluding hydrogens is 295 g/mol. The molecule has 0 unspecified atom stereocenters. The van der Waals surface area contributed by atoms with Gasteiger partial charge in [-0.3, -0.25) is 4.79 Å². The summed E-state index contributed by atoms with van der Waals surface area (Å²) in [5.74, 6) is -3.80. The number of benzene rings is 1. The van der Waals surface area contributed by atoms with Crippen molar-refractivity contribution in [2.75, 3.05) is 6.61 Å². The van der Waals surface area contributed by atoms with Crippen molar-refractivity contribution in [3.05, 3.63) is 35.9 Å². The third-order valence-electron chi connectivity index (χ3n) is 1.97. The Hall–Kier alpha value is -2.13. The first-order valence-corrected chi connectivity index (χ1v) is 5.54. The summed E-state index contributed by atoms with van der Waals surface area (Å²) in [4.78, 5) is 19.2. The van der Waals surface area contributed by atoms with Crippen LogP contribution in [0.1, 0.15) is 5.56 Å². The predicted molar refractivity (Wildman–Crippen MR) is 65.4 cm³/mol. The number of carboxylic acid groups (broad SMARTS) is 2. The van der Waals surface area contributed by atoms with Gasteiger partial charge in [0.1, 0.15) is 6.04 Å². The van der Waals surface area contributed by atoms with Crippen molar-refractivity contribution >= 4 is 11.9 Å². The number of halogens is 3. The van der Waals surface area contributed by atoms with E-state index < -0.39 is 24.2 Å². The van der Waals surface area contributed by atoms with Gasteiger partial charge in [-0.05, 0) is 5.56 Å². The molecule has 21 heavy (non-hydrogen) atoms. The average Bonchev–Trinajstić information content (AvgIpc) is 2.39. The van der Waals surface area contributed by atoms with Gasteiger partial charge in [-0.2, -0.15) is 13.2 Å². The van der Waals surface area contributed by atoms with Crippen LogP contribution in [0.4, 0.5) is 13.2 Å². The Kier molecular flexibility index (Phi) is 8.02. The second-order valence-corrected chi connectivity index (χ2v) is 3.75. The molecule has 0 aliphatic rings. The van der Waals surface area contributed by atoms with Crippen LogP contribution in [0, 0.1) is 0 Å². The van der Waals surface area contributed by atoms with Crippen molar-refractivity contribution in [3.63, 3.8) is 0 Å². The fraction of sp³-hybridized carbons (Fsp3) is 0.333. The van der Waals surface area contributed by atoms with Crippen LogP contribution in [0.5, 0.6) is 0 Å². The number of carbonyl (C=O) groups is 2. The van der Waals surface area contributed by atoms with E-state index in [0.717, 1.165) is 5.56 Å². The van der Waals surface area contributed by atoms with E-state index >= 15 is 0 Å². The SMILES string of the molecule is N[C@@H](COCc1ccccc1)C(=O)O.O=C(O)C(F)(F)F. The Morgan fingerprint density at radius 1 is 1.19 bits per heavy atom. The van der Waals surface area contributed by atoms with Crippen LogP contribution in [0.2, 0.25) is 0 Å². The van der Waals surface area contributed by atoms with Gasteiger partial charge in [0, 0.05) is 0 Å². The number of ether oxygens (including phenoxy) is 1. The molecule has 1 aromatic carbocycles. The number of alkyl halides is 3. The third kappa shape index (κ3) is 9.41. The van der Waals surface area contributed by atoms with Gasteiger partial charge in [0.15, 0.2) is 0 Å². The average molecular weight is 309 g/mol. The summed E-state index contributed by atoms with van der Waals surface area (Å²) in [6, 6.07) is 8.58. The summed E-state index contributed by atoms with van der Waals surface area (Å²) in [5, 5.41) is 15.6. The monoisotopic (exact) mass is 309 g/mol. The fourth-order valence-corrected chi connectivity index (χ4v) is 0.949. The van der Waals surface area contributed by atoms with Crippen LogP contribution in [0.25, 0.3) is 0 Å². The van der Waals surface area contributed by atoms with E-state index in [1.54, 1.807) is 0 Å².